The van der Waals surface area contributed by atoms with Crippen molar-refractivity contribution < 1.29 is 22.7 Å². The molecule has 1 saturated heterocycles. The van der Waals surface area contributed by atoms with Gasteiger partial charge in [0.2, 0.25) is 5.91 Å². The number of fused-ring (bicyclic) bond motifs is 2. The molecule has 0 saturated carbocycles. The van der Waals surface area contributed by atoms with Crippen molar-refractivity contribution >= 4 is 11.6 Å². The smallest absolute Gasteiger partial charge is 0.416 e. The number of aryl methyl sites for hydroxylation is 1. The van der Waals surface area contributed by atoms with Gasteiger partial charge in [-0.25, -0.2) is 0 Å². The number of anilines is 1. The molecule has 0 aromatic heterocycles. The number of alkyl halides is 3. The third-order valence-corrected chi connectivity index (χ3v) is 6.75. The number of piperidine rings is 1. The van der Waals surface area contributed by atoms with E-state index in [-0.39, 0.29) is 18.0 Å². The SMILES string of the molecule is N[C@@H]1CCCN([C@@H]2Cc3ccc(C(F)(F)F)cc3[C@H]2Oc2ccc3c(c2)CCC(=O)N3)C1. The maximum absolute atomic E-state index is 13.4. The van der Waals surface area contributed by atoms with Crippen molar-refractivity contribution in [3.05, 3.63) is 58.7 Å². The number of amides is 1. The van der Waals surface area contributed by atoms with Gasteiger partial charge in [-0.15, -0.1) is 0 Å². The minimum Gasteiger partial charge on any atom is -0.484 e. The number of hydrogen-bond acceptors (Lipinski definition) is 4. The molecule has 2 aromatic rings. The van der Waals surface area contributed by atoms with E-state index >= 15 is 0 Å². The Morgan fingerprint density at radius 1 is 1.09 bits per heavy atom. The number of rotatable bonds is 3. The lowest BCUT2D eigenvalue weighted by molar-refractivity contribution is -0.137. The lowest BCUT2D eigenvalue weighted by Crippen LogP contribution is -2.49. The summed E-state index contributed by atoms with van der Waals surface area (Å²) in [4.78, 5) is 13.9. The Hall–Kier alpha value is -2.58. The molecule has 3 N–H and O–H groups in total. The molecule has 3 aliphatic rings. The van der Waals surface area contributed by atoms with Crippen LogP contribution in [0.15, 0.2) is 36.4 Å². The van der Waals surface area contributed by atoms with Crippen LogP contribution in [0.5, 0.6) is 5.75 Å². The summed E-state index contributed by atoms with van der Waals surface area (Å²) >= 11 is 0. The van der Waals surface area contributed by atoms with E-state index in [0.717, 1.165) is 42.3 Å². The molecule has 2 aromatic carbocycles. The fraction of sp³-hybridized carbons (Fsp3) is 0.458. The van der Waals surface area contributed by atoms with Gasteiger partial charge in [0.15, 0.2) is 0 Å². The van der Waals surface area contributed by atoms with Gasteiger partial charge in [0, 0.05) is 24.7 Å². The van der Waals surface area contributed by atoms with Gasteiger partial charge >= 0.3 is 6.18 Å². The van der Waals surface area contributed by atoms with Crippen molar-refractivity contribution in [1.82, 2.24) is 4.90 Å². The highest BCUT2D eigenvalue weighted by atomic mass is 19.4. The van der Waals surface area contributed by atoms with Crippen LogP contribution in [0, 0.1) is 0 Å². The number of hydrogen-bond donors (Lipinski definition) is 2. The molecule has 0 unspecified atom stereocenters. The van der Waals surface area contributed by atoms with Crippen molar-refractivity contribution in [2.75, 3.05) is 18.4 Å². The van der Waals surface area contributed by atoms with Gasteiger partial charge in [0.25, 0.3) is 0 Å². The molecule has 0 radical (unpaired) electrons. The highest BCUT2D eigenvalue weighted by molar-refractivity contribution is 5.94. The third-order valence-electron chi connectivity index (χ3n) is 6.75. The molecule has 5 nitrogen and oxygen atoms in total. The van der Waals surface area contributed by atoms with E-state index in [1.807, 2.05) is 6.07 Å². The second-order valence-electron chi connectivity index (χ2n) is 8.99. The van der Waals surface area contributed by atoms with Gasteiger partial charge in [0.1, 0.15) is 11.9 Å². The number of halogens is 3. The lowest BCUT2D eigenvalue weighted by Gasteiger charge is -2.38. The summed E-state index contributed by atoms with van der Waals surface area (Å²) in [5, 5.41) is 2.84. The zero-order valence-corrected chi connectivity index (χ0v) is 17.6. The second-order valence-corrected chi connectivity index (χ2v) is 8.99. The van der Waals surface area contributed by atoms with E-state index in [9.17, 15) is 18.0 Å². The maximum atomic E-state index is 13.4. The zero-order valence-electron chi connectivity index (χ0n) is 17.6. The van der Waals surface area contributed by atoms with Crippen LogP contribution in [0.25, 0.3) is 0 Å². The zero-order chi connectivity index (χ0) is 22.5. The monoisotopic (exact) mass is 445 g/mol. The molecule has 2 aliphatic heterocycles. The normalized spacial score (nSPS) is 25.8. The third kappa shape index (κ3) is 4.09. The van der Waals surface area contributed by atoms with Crippen LogP contribution < -0.4 is 15.8 Å². The topological polar surface area (TPSA) is 67.6 Å². The standard InChI is InChI=1S/C24H26F3N3O2/c25-24(26,27)16-5-3-14-11-21(30-9-1-2-17(28)13-30)23(19(14)12-16)32-18-6-7-20-15(10-18)4-8-22(31)29-20/h3,5-7,10,12,17,21,23H,1-2,4,8-9,11,13,28H2,(H,29,31)/t17-,21-,23-/m1/s1. The first kappa shape index (κ1) is 21.3. The Bertz CT molecular complexity index is 1040. The van der Waals surface area contributed by atoms with Gasteiger partial charge in [-0.05, 0) is 79.3 Å². The Labute approximate surface area is 184 Å². The number of carbonyl (C=O) groups is 1. The quantitative estimate of drug-likeness (QED) is 0.748. The Morgan fingerprint density at radius 2 is 1.94 bits per heavy atom. The Morgan fingerprint density at radius 3 is 2.72 bits per heavy atom. The maximum Gasteiger partial charge on any atom is 0.416 e. The molecular weight excluding hydrogens is 419 g/mol. The highest BCUT2D eigenvalue weighted by Gasteiger charge is 2.41. The second kappa shape index (κ2) is 8.08. The first-order valence-corrected chi connectivity index (χ1v) is 11.1. The van der Waals surface area contributed by atoms with E-state index in [4.69, 9.17) is 10.5 Å². The molecule has 1 aliphatic carbocycles. The molecule has 0 spiro atoms. The number of benzene rings is 2. The van der Waals surface area contributed by atoms with Crippen LogP contribution in [0.1, 0.15) is 47.6 Å². The molecule has 1 fully saturated rings. The summed E-state index contributed by atoms with van der Waals surface area (Å²) in [5.41, 5.74) is 8.75. The Kier molecular flexibility index (Phi) is 5.37. The molecule has 170 valence electrons. The molecule has 3 atom stereocenters. The van der Waals surface area contributed by atoms with E-state index < -0.39 is 17.8 Å². The van der Waals surface area contributed by atoms with Gasteiger partial charge in [-0.1, -0.05) is 6.07 Å². The van der Waals surface area contributed by atoms with Gasteiger partial charge < -0.3 is 15.8 Å². The van der Waals surface area contributed by atoms with Crippen LogP contribution in [0.2, 0.25) is 0 Å². The van der Waals surface area contributed by atoms with Crippen molar-refractivity contribution in [3.8, 4) is 5.75 Å². The minimum atomic E-state index is -4.41. The highest BCUT2D eigenvalue weighted by Crippen LogP contribution is 2.42. The number of ether oxygens (including phenoxy) is 1. The fourth-order valence-electron chi connectivity index (χ4n) is 5.15. The lowest BCUT2D eigenvalue weighted by atomic mass is 10.0. The number of likely N-dealkylation sites (tertiary alicyclic amines) is 1. The van der Waals surface area contributed by atoms with Crippen molar-refractivity contribution in [2.45, 2.75) is 56.5 Å². The number of nitrogens with two attached hydrogens (primary N) is 1. The number of carbonyl (C=O) groups excluding carboxylic acids is 1. The molecular formula is C24H26F3N3O2. The first-order chi connectivity index (χ1) is 15.3. The summed E-state index contributed by atoms with van der Waals surface area (Å²) < 4.78 is 46.7. The predicted octanol–water partition coefficient (Wildman–Crippen LogP) is 4.06. The van der Waals surface area contributed by atoms with Crippen molar-refractivity contribution in [2.24, 2.45) is 5.73 Å². The molecule has 0 bridgehead atoms. The van der Waals surface area contributed by atoms with Crippen molar-refractivity contribution in [3.63, 3.8) is 0 Å². The van der Waals surface area contributed by atoms with E-state index in [1.54, 1.807) is 18.2 Å². The molecule has 32 heavy (non-hydrogen) atoms. The minimum absolute atomic E-state index is 0.0166. The van der Waals surface area contributed by atoms with Crippen LogP contribution >= 0.6 is 0 Å². The molecule has 8 heteroatoms. The average Bonchev–Trinajstić information content (AvgIpc) is 3.11. The van der Waals surface area contributed by atoms with Crippen LogP contribution in [-0.2, 0) is 23.8 Å². The van der Waals surface area contributed by atoms with Crippen LogP contribution in [0.3, 0.4) is 0 Å². The molecule has 5 rings (SSSR count). The van der Waals surface area contributed by atoms with Gasteiger partial charge in [-0.3, -0.25) is 9.69 Å². The summed E-state index contributed by atoms with van der Waals surface area (Å²) in [6.45, 7) is 1.56. The van der Waals surface area contributed by atoms with Gasteiger partial charge in [-0.2, -0.15) is 13.2 Å². The summed E-state index contributed by atoms with van der Waals surface area (Å²) in [6, 6.07) is 9.43. The average molecular weight is 445 g/mol. The fourth-order valence-corrected chi connectivity index (χ4v) is 5.15. The van der Waals surface area contributed by atoms with Gasteiger partial charge in [0.05, 0.1) is 11.6 Å². The number of nitrogens with zero attached hydrogens (tertiary/aromatic N) is 1. The first-order valence-electron chi connectivity index (χ1n) is 11.1. The summed E-state index contributed by atoms with van der Waals surface area (Å²) in [7, 11) is 0. The van der Waals surface area contributed by atoms with E-state index in [0.29, 0.717) is 37.1 Å². The van der Waals surface area contributed by atoms with E-state index in [1.165, 1.54) is 6.07 Å². The summed E-state index contributed by atoms with van der Waals surface area (Å²) in [5.74, 6) is 0.582. The Balaban J connectivity index is 1.48. The number of nitrogens with one attached hydrogen (secondary N) is 1. The summed E-state index contributed by atoms with van der Waals surface area (Å²) in [6.07, 6.45) is -1.35. The van der Waals surface area contributed by atoms with Crippen LogP contribution in [0.4, 0.5) is 18.9 Å². The molecule has 1 amide bonds. The molecule has 2 heterocycles. The predicted molar refractivity (Wildman–Crippen MR) is 114 cm³/mol. The largest absolute Gasteiger partial charge is 0.484 e. The van der Waals surface area contributed by atoms with E-state index in [2.05, 4.69) is 10.2 Å². The van der Waals surface area contributed by atoms with Crippen molar-refractivity contribution in [1.29, 1.82) is 0 Å². The van der Waals surface area contributed by atoms with Crippen LogP contribution in [-0.4, -0.2) is 36.0 Å².